The second-order valence-corrected chi connectivity index (χ2v) is 6.52. The molecule has 1 saturated carbocycles. The van der Waals surface area contributed by atoms with Gasteiger partial charge in [0.1, 0.15) is 0 Å². The van der Waals surface area contributed by atoms with Crippen molar-refractivity contribution in [2.75, 3.05) is 5.73 Å². The van der Waals surface area contributed by atoms with Gasteiger partial charge in [0.15, 0.2) is 4.34 Å². The lowest BCUT2D eigenvalue weighted by Crippen LogP contribution is -2.19. The maximum Gasteiger partial charge on any atom is 0.203 e. The first-order chi connectivity index (χ1) is 8.29. The molecule has 3 N–H and O–H groups in total. The molecule has 5 nitrogen and oxygen atoms in total. The molecular weight excluding hydrogens is 256 g/mol. The van der Waals surface area contributed by atoms with Crippen LogP contribution in [0.4, 0.5) is 5.13 Å². The van der Waals surface area contributed by atoms with Crippen LogP contribution in [0.25, 0.3) is 0 Å². The van der Waals surface area contributed by atoms with Crippen molar-refractivity contribution in [3.8, 4) is 0 Å². The molecule has 1 atom stereocenters. The number of hydrogen-bond donors (Lipinski definition) is 2. The van der Waals surface area contributed by atoms with Crippen LogP contribution in [-0.2, 0) is 0 Å². The van der Waals surface area contributed by atoms with E-state index in [-0.39, 0.29) is 5.25 Å². The van der Waals surface area contributed by atoms with Crippen LogP contribution in [0, 0.1) is 0 Å². The van der Waals surface area contributed by atoms with Crippen molar-refractivity contribution in [3.63, 3.8) is 0 Å². The van der Waals surface area contributed by atoms with Gasteiger partial charge in [-0.3, -0.25) is 0 Å². The number of oxime groups is 1. The van der Waals surface area contributed by atoms with Gasteiger partial charge in [-0.05, 0) is 19.3 Å². The fourth-order valence-corrected chi connectivity index (χ4v) is 4.00. The average Bonchev–Trinajstić information content (AvgIpc) is 2.69. The molecule has 1 aromatic heterocycles. The topological polar surface area (TPSA) is 84.4 Å². The first-order valence-corrected chi connectivity index (χ1v) is 7.45. The van der Waals surface area contributed by atoms with Gasteiger partial charge in [-0.25, -0.2) is 0 Å². The van der Waals surface area contributed by atoms with Crippen molar-refractivity contribution in [1.82, 2.24) is 10.2 Å². The van der Waals surface area contributed by atoms with Gasteiger partial charge in [-0.15, -0.1) is 10.2 Å². The zero-order valence-electron chi connectivity index (χ0n) is 9.50. The van der Waals surface area contributed by atoms with Crippen molar-refractivity contribution < 1.29 is 5.21 Å². The molecule has 1 aromatic rings. The molecule has 1 aliphatic carbocycles. The summed E-state index contributed by atoms with van der Waals surface area (Å²) in [4.78, 5) is 0. The van der Waals surface area contributed by atoms with Gasteiger partial charge in [-0.1, -0.05) is 47.5 Å². The second kappa shape index (κ2) is 6.20. The third-order valence-electron chi connectivity index (χ3n) is 2.81. The molecule has 94 valence electrons. The summed E-state index contributed by atoms with van der Waals surface area (Å²) in [7, 11) is 0. The van der Waals surface area contributed by atoms with Gasteiger partial charge >= 0.3 is 0 Å². The van der Waals surface area contributed by atoms with Crippen LogP contribution in [0.15, 0.2) is 9.50 Å². The molecule has 2 rings (SSSR count). The van der Waals surface area contributed by atoms with Crippen molar-refractivity contribution in [1.29, 1.82) is 0 Å². The van der Waals surface area contributed by atoms with Crippen LogP contribution in [0.2, 0.25) is 0 Å². The summed E-state index contributed by atoms with van der Waals surface area (Å²) < 4.78 is 0.856. The fraction of sp³-hybridized carbons (Fsp3) is 0.700. The fourth-order valence-electron chi connectivity index (χ4n) is 1.95. The van der Waals surface area contributed by atoms with E-state index in [0.717, 1.165) is 29.3 Å². The summed E-state index contributed by atoms with van der Waals surface area (Å²) in [5, 5.41) is 21.0. The van der Waals surface area contributed by atoms with Crippen LogP contribution in [-0.4, -0.2) is 26.4 Å². The molecule has 1 fully saturated rings. The van der Waals surface area contributed by atoms with Crippen LogP contribution in [0.3, 0.4) is 0 Å². The number of anilines is 1. The van der Waals surface area contributed by atoms with E-state index in [1.54, 1.807) is 11.8 Å². The largest absolute Gasteiger partial charge is 0.411 e. The molecule has 7 heteroatoms. The third-order valence-corrected chi connectivity index (χ3v) is 4.98. The standard InChI is InChI=1S/C10H16N4OS2/c11-9-12-13-10(17-9)16-8-6-4-2-1-3-5-7(8)14-15/h8,15H,1-6H2,(H2,11,12). The van der Waals surface area contributed by atoms with Gasteiger partial charge in [0.2, 0.25) is 5.13 Å². The Morgan fingerprint density at radius 3 is 2.82 bits per heavy atom. The highest BCUT2D eigenvalue weighted by molar-refractivity contribution is 8.02. The Hall–Kier alpha value is -0.820. The Balaban J connectivity index is 2.04. The third kappa shape index (κ3) is 3.57. The number of aromatic nitrogens is 2. The highest BCUT2D eigenvalue weighted by Gasteiger charge is 2.21. The molecular formula is C10H16N4OS2. The first kappa shape index (κ1) is 12.6. The monoisotopic (exact) mass is 272 g/mol. The molecule has 0 radical (unpaired) electrons. The van der Waals surface area contributed by atoms with Crippen molar-refractivity contribution in [2.24, 2.45) is 5.16 Å². The summed E-state index contributed by atoms with van der Waals surface area (Å²) in [6, 6.07) is 0. The molecule has 0 bridgehead atoms. The summed E-state index contributed by atoms with van der Waals surface area (Å²) >= 11 is 3.00. The highest BCUT2D eigenvalue weighted by Crippen LogP contribution is 2.33. The van der Waals surface area contributed by atoms with Crippen LogP contribution in [0.5, 0.6) is 0 Å². The second-order valence-electron chi connectivity index (χ2n) is 4.06. The molecule has 1 unspecified atom stereocenters. The van der Waals surface area contributed by atoms with Crippen LogP contribution < -0.4 is 5.73 Å². The van der Waals surface area contributed by atoms with Crippen molar-refractivity contribution in [3.05, 3.63) is 0 Å². The summed E-state index contributed by atoms with van der Waals surface area (Å²) in [6.07, 6.45) is 6.67. The normalized spacial score (nSPS) is 24.5. The van der Waals surface area contributed by atoms with E-state index < -0.39 is 0 Å². The van der Waals surface area contributed by atoms with Gasteiger partial charge in [0.25, 0.3) is 0 Å². The maximum atomic E-state index is 9.08. The predicted molar refractivity (Wildman–Crippen MR) is 70.9 cm³/mol. The lowest BCUT2D eigenvalue weighted by Gasteiger charge is -2.18. The Bertz CT molecular complexity index is 393. The SMILES string of the molecule is Nc1nnc(SC2CCCCCCC2=NO)s1. The zero-order chi connectivity index (χ0) is 12.1. The van der Waals surface area contributed by atoms with E-state index in [0.29, 0.717) is 5.13 Å². The smallest absolute Gasteiger partial charge is 0.203 e. The quantitative estimate of drug-likeness (QED) is 0.639. The summed E-state index contributed by atoms with van der Waals surface area (Å²) in [5.41, 5.74) is 6.44. The lowest BCUT2D eigenvalue weighted by atomic mass is 9.99. The summed E-state index contributed by atoms with van der Waals surface area (Å²) in [5.74, 6) is 0. The van der Waals surface area contributed by atoms with Crippen molar-refractivity contribution >= 4 is 33.9 Å². The molecule has 0 spiro atoms. The van der Waals surface area contributed by atoms with Gasteiger partial charge in [0, 0.05) is 0 Å². The van der Waals surface area contributed by atoms with Crippen LogP contribution >= 0.6 is 23.1 Å². The lowest BCUT2D eigenvalue weighted by molar-refractivity contribution is 0.315. The number of rotatable bonds is 2. The predicted octanol–water partition coefficient (Wildman–Crippen LogP) is 2.77. The molecule has 1 heterocycles. The molecule has 17 heavy (non-hydrogen) atoms. The minimum atomic E-state index is 0.215. The Morgan fingerprint density at radius 2 is 2.12 bits per heavy atom. The Morgan fingerprint density at radius 1 is 1.29 bits per heavy atom. The average molecular weight is 272 g/mol. The van der Waals surface area contributed by atoms with Crippen molar-refractivity contribution in [2.45, 2.75) is 48.1 Å². The van der Waals surface area contributed by atoms with E-state index in [4.69, 9.17) is 10.9 Å². The minimum absolute atomic E-state index is 0.215. The van der Waals surface area contributed by atoms with Gasteiger partial charge in [-0.2, -0.15) is 0 Å². The van der Waals surface area contributed by atoms with Gasteiger partial charge < -0.3 is 10.9 Å². The molecule has 0 saturated heterocycles. The zero-order valence-corrected chi connectivity index (χ0v) is 11.1. The van der Waals surface area contributed by atoms with Gasteiger partial charge in [0.05, 0.1) is 11.0 Å². The molecule has 1 aliphatic rings. The number of nitrogens with zero attached hydrogens (tertiary/aromatic N) is 3. The molecule has 0 aromatic carbocycles. The van der Waals surface area contributed by atoms with E-state index in [1.807, 2.05) is 0 Å². The first-order valence-electron chi connectivity index (χ1n) is 5.76. The highest BCUT2D eigenvalue weighted by atomic mass is 32.2. The Kier molecular flexibility index (Phi) is 4.61. The van der Waals surface area contributed by atoms with E-state index >= 15 is 0 Å². The van der Waals surface area contributed by atoms with Crippen LogP contribution in [0.1, 0.15) is 38.5 Å². The molecule has 0 amide bonds. The number of hydrogen-bond acceptors (Lipinski definition) is 7. The van der Waals surface area contributed by atoms with E-state index in [9.17, 15) is 0 Å². The summed E-state index contributed by atoms with van der Waals surface area (Å²) in [6.45, 7) is 0. The van der Waals surface area contributed by atoms with E-state index in [1.165, 1.54) is 30.6 Å². The number of nitrogens with two attached hydrogens (primary N) is 1. The maximum absolute atomic E-state index is 9.08. The number of nitrogen functional groups attached to an aromatic ring is 1. The molecule has 0 aliphatic heterocycles. The Labute approximate surface area is 108 Å². The number of thioether (sulfide) groups is 1. The van der Waals surface area contributed by atoms with E-state index in [2.05, 4.69) is 15.4 Å². The minimum Gasteiger partial charge on any atom is -0.411 e.